The van der Waals surface area contributed by atoms with Gasteiger partial charge in [-0.15, -0.1) is 0 Å². The zero-order chi connectivity index (χ0) is 21.8. The van der Waals surface area contributed by atoms with E-state index in [0.717, 1.165) is 54.5 Å². The molecule has 4 rings (SSSR count). The van der Waals surface area contributed by atoms with Crippen LogP contribution in [-0.2, 0) is 4.74 Å². The van der Waals surface area contributed by atoms with E-state index in [-0.39, 0.29) is 5.91 Å². The molecule has 6 nitrogen and oxygen atoms in total. The summed E-state index contributed by atoms with van der Waals surface area (Å²) in [4.78, 5) is 14.8. The molecule has 0 saturated carbocycles. The van der Waals surface area contributed by atoms with E-state index in [1.165, 1.54) is 5.69 Å². The Morgan fingerprint density at radius 3 is 2.23 bits per heavy atom. The SMILES string of the molecule is Cc1cc(N2CCOCC2)ccc1/C=N\NC(=O)c1ccc(-n2c(C)ccc2C)cc1. The Morgan fingerprint density at radius 1 is 0.935 bits per heavy atom. The van der Waals surface area contributed by atoms with E-state index in [9.17, 15) is 4.79 Å². The first-order valence-electron chi connectivity index (χ1n) is 10.5. The molecular formula is C25H28N4O2. The number of rotatable bonds is 5. The van der Waals surface area contributed by atoms with Crippen molar-refractivity contribution in [2.75, 3.05) is 31.2 Å². The molecular weight excluding hydrogens is 388 g/mol. The molecule has 160 valence electrons. The number of amides is 1. The van der Waals surface area contributed by atoms with Crippen molar-refractivity contribution in [3.05, 3.63) is 82.7 Å². The number of aromatic nitrogens is 1. The summed E-state index contributed by atoms with van der Waals surface area (Å²) in [6, 6.07) is 18.0. The van der Waals surface area contributed by atoms with Gasteiger partial charge in [-0.2, -0.15) is 5.10 Å². The lowest BCUT2D eigenvalue weighted by molar-refractivity contribution is 0.0955. The summed E-state index contributed by atoms with van der Waals surface area (Å²) < 4.78 is 7.57. The Labute approximate surface area is 183 Å². The molecule has 1 aromatic heterocycles. The molecule has 1 amide bonds. The second-order valence-corrected chi connectivity index (χ2v) is 7.84. The Morgan fingerprint density at radius 2 is 1.58 bits per heavy atom. The summed E-state index contributed by atoms with van der Waals surface area (Å²) in [7, 11) is 0. The summed E-state index contributed by atoms with van der Waals surface area (Å²) in [5.41, 5.74) is 9.84. The van der Waals surface area contributed by atoms with Crippen LogP contribution in [0.2, 0.25) is 0 Å². The average molecular weight is 417 g/mol. The number of hydrazone groups is 1. The van der Waals surface area contributed by atoms with Gasteiger partial charge in [0.2, 0.25) is 0 Å². The summed E-state index contributed by atoms with van der Waals surface area (Å²) in [6.45, 7) is 9.53. The van der Waals surface area contributed by atoms with Gasteiger partial charge in [0, 0.05) is 41.4 Å². The van der Waals surface area contributed by atoms with Crippen molar-refractivity contribution in [3.8, 4) is 5.69 Å². The molecule has 3 aromatic rings. The minimum absolute atomic E-state index is 0.230. The number of carbonyl (C=O) groups excluding carboxylic acids is 1. The van der Waals surface area contributed by atoms with Crippen LogP contribution in [-0.4, -0.2) is 43.0 Å². The number of ether oxygens (including phenoxy) is 1. The number of morpholine rings is 1. The maximum absolute atomic E-state index is 12.5. The van der Waals surface area contributed by atoms with Crippen LogP contribution in [0.15, 0.2) is 59.7 Å². The van der Waals surface area contributed by atoms with Gasteiger partial charge < -0.3 is 14.2 Å². The maximum Gasteiger partial charge on any atom is 0.271 e. The molecule has 2 aromatic carbocycles. The molecule has 0 radical (unpaired) electrons. The van der Waals surface area contributed by atoms with E-state index < -0.39 is 0 Å². The first kappa shape index (κ1) is 20.9. The van der Waals surface area contributed by atoms with Gasteiger partial charge in [-0.25, -0.2) is 5.43 Å². The quantitative estimate of drug-likeness (QED) is 0.505. The fourth-order valence-electron chi connectivity index (χ4n) is 3.89. The van der Waals surface area contributed by atoms with Crippen LogP contribution in [0.1, 0.15) is 32.9 Å². The van der Waals surface area contributed by atoms with Gasteiger partial charge in [-0.05, 0) is 80.4 Å². The Kier molecular flexibility index (Phi) is 6.18. The van der Waals surface area contributed by atoms with Crippen LogP contribution < -0.4 is 10.3 Å². The van der Waals surface area contributed by atoms with Crippen molar-refractivity contribution in [3.63, 3.8) is 0 Å². The Hall–Kier alpha value is -3.38. The summed E-state index contributed by atoms with van der Waals surface area (Å²) >= 11 is 0. The smallest absolute Gasteiger partial charge is 0.271 e. The molecule has 0 aliphatic carbocycles. The van der Waals surface area contributed by atoms with E-state index >= 15 is 0 Å². The number of nitrogens with zero attached hydrogens (tertiary/aromatic N) is 3. The van der Waals surface area contributed by atoms with E-state index in [1.54, 1.807) is 6.21 Å². The fourth-order valence-corrected chi connectivity index (χ4v) is 3.89. The topological polar surface area (TPSA) is 58.9 Å². The summed E-state index contributed by atoms with van der Waals surface area (Å²) in [5, 5.41) is 4.16. The van der Waals surface area contributed by atoms with Crippen LogP contribution in [0.5, 0.6) is 0 Å². The second-order valence-electron chi connectivity index (χ2n) is 7.84. The number of aryl methyl sites for hydroxylation is 3. The summed E-state index contributed by atoms with van der Waals surface area (Å²) in [6.07, 6.45) is 1.69. The van der Waals surface area contributed by atoms with Gasteiger partial charge >= 0.3 is 0 Å². The van der Waals surface area contributed by atoms with Gasteiger partial charge in [-0.3, -0.25) is 4.79 Å². The highest BCUT2D eigenvalue weighted by Gasteiger charge is 2.12. The normalized spacial score (nSPS) is 14.2. The highest BCUT2D eigenvalue weighted by molar-refractivity contribution is 5.95. The van der Waals surface area contributed by atoms with Crippen LogP contribution in [0.25, 0.3) is 5.69 Å². The molecule has 31 heavy (non-hydrogen) atoms. The number of carbonyl (C=O) groups is 1. The summed E-state index contributed by atoms with van der Waals surface area (Å²) in [5.74, 6) is -0.230. The molecule has 0 spiro atoms. The highest BCUT2D eigenvalue weighted by atomic mass is 16.5. The van der Waals surface area contributed by atoms with Crippen molar-refractivity contribution in [2.45, 2.75) is 20.8 Å². The van der Waals surface area contributed by atoms with Gasteiger partial charge in [0.05, 0.1) is 19.4 Å². The standard InChI is InChI=1S/C25H28N4O2/c1-18-16-24(28-12-14-31-15-13-28)11-8-22(18)17-26-27-25(30)21-6-9-23(10-7-21)29-19(2)4-5-20(29)3/h4-11,16-17H,12-15H2,1-3H3,(H,27,30)/b26-17-. The van der Waals surface area contributed by atoms with Crippen LogP contribution in [0, 0.1) is 20.8 Å². The predicted molar refractivity (Wildman–Crippen MR) is 125 cm³/mol. The lowest BCUT2D eigenvalue weighted by Crippen LogP contribution is -2.36. The number of hydrogen-bond acceptors (Lipinski definition) is 4. The van der Waals surface area contributed by atoms with Crippen molar-refractivity contribution in [2.24, 2.45) is 5.10 Å². The molecule has 6 heteroatoms. The molecule has 0 bridgehead atoms. The molecule has 1 N–H and O–H groups in total. The van der Waals surface area contributed by atoms with Gasteiger partial charge in [0.1, 0.15) is 0 Å². The Balaban J connectivity index is 1.39. The van der Waals surface area contributed by atoms with Crippen molar-refractivity contribution in [1.82, 2.24) is 9.99 Å². The van der Waals surface area contributed by atoms with E-state index in [1.807, 2.05) is 30.3 Å². The lowest BCUT2D eigenvalue weighted by Gasteiger charge is -2.29. The molecule has 1 saturated heterocycles. The molecule has 0 unspecified atom stereocenters. The fraction of sp³-hybridized carbons (Fsp3) is 0.280. The third kappa shape index (κ3) is 4.70. The van der Waals surface area contributed by atoms with Gasteiger partial charge in [0.25, 0.3) is 5.91 Å². The molecule has 1 fully saturated rings. The minimum atomic E-state index is -0.230. The highest BCUT2D eigenvalue weighted by Crippen LogP contribution is 2.20. The third-order valence-corrected chi connectivity index (χ3v) is 5.66. The van der Waals surface area contributed by atoms with Crippen LogP contribution in [0.4, 0.5) is 5.69 Å². The molecule has 2 heterocycles. The molecule has 1 aliphatic rings. The number of benzene rings is 2. The zero-order valence-electron chi connectivity index (χ0n) is 18.3. The maximum atomic E-state index is 12.5. The minimum Gasteiger partial charge on any atom is -0.378 e. The first-order valence-corrected chi connectivity index (χ1v) is 10.5. The third-order valence-electron chi connectivity index (χ3n) is 5.66. The van der Waals surface area contributed by atoms with Gasteiger partial charge in [0.15, 0.2) is 0 Å². The molecule has 1 aliphatic heterocycles. The average Bonchev–Trinajstić information content (AvgIpc) is 3.13. The number of anilines is 1. The van der Waals surface area contributed by atoms with Crippen molar-refractivity contribution in [1.29, 1.82) is 0 Å². The zero-order valence-corrected chi connectivity index (χ0v) is 18.3. The number of hydrogen-bond donors (Lipinski definition) is 1. The Bertz CT molecular complexity index is 1070. The predicted octanol–water partition coefficient (Wildman–Crippen LogP) is 4.00. The monoisotopic (exact) mass is 416 g/mol. The first-order chi connectivity index (χ1) is 15.0. The molecule has 0 atom stereocenters. The van der Waals surface area contributed by atoms with Crippen LogP contribution in [0.3, 0.4) is 0 Å². The lowest BCUT2D eigenvalue weighted by atomic mass is 10.1. The van der Waals surface area contributed by atoms with E-state index in [2.05, 4.69) is 65.0 Å². The van der Waals surface area contributed by atoms with Crippen molar-refractivity contribution >= 4 is 17.8 Å². The second kappa shape index (κ2) is 9.18. The van der Waals surface area contributed by atoms with E-state index in [0.29, 0.717) is 5.56 Å². The van der Waals surface area contributed by atoms with Crippen molar-refractivity contribution < 1.29 is 9.53 Å². The van der Waals surface area contributed by atoms with Crippen LogP contribution >= 0.6 is 0 Å². The van der Waals surface area contributed by atoms with Gasteiger partial charge in [-0.1, -0.05) is 6.07 Å². The number of nitrogens with one attached hydrogen (secondary N) is 1. The van der Waals surface area contributed by atoms with E-state index in [4.69, 9.17) is 4.74 Å². The largest absolute Gasteiger partial charge is 0.378 e.